The fourth-order valence-corrected chi connectivity index (χ4v) is 4.42. The van der Waals surface area contributed by atoms with E-state index >= 15 is 0 Å². The van der Waals surface area contributed by atoms with E-state index in [1.807, 2.05) is 12.1 Å². The van der Waals surface area contributed by atoms with Crippen LogP contribution in [0.25, 0.3) is 21.9 Å². The van der Waals surface area contributed by atoms with Gasteiger partial charge in [0, 0.05) is 47.9 Å². The van der Waals surface area contributed by atoms with Crippen LogP contribution in [0.5, 0.6) is 0 Å². The first-order chi connectivity index (χ1) is 11.6. The third kappa shape index (κ3) is 2.31. The van der Waals surface area contributed by atoms with Crippen molar-refractivity contribution in [2.45, 2.75) is 12.3 Å². The van der Waals surface area contributed by atoms with E-state index in [2.05, 4.69) is 20.2 Å². The SMILES string of the molecule is N#CCS(=O)(=O)N1CCC(c2[nH]ccc3nnc4nccc4c23)C1. The number of pyridine rings is 1. The highest BCUT2D eigenvalue weighted by molar-refractivity contribution is 7.89. The molecule has 1 aliphatic heterocycles. The monoisotopic (exact) mass is 342 g/mol. The van der Waals surface area contributed by atoms with Gasteiger partial charge < -0.3 is 4.98 Å². The average Bonchev–Trinajstić information content (AvgIpc) is 3.23. The van der Waals surface area contributed by atoms with Gasteiger partial charge in [0.25, 0.3) is 0 Å². The first-order valence-electron chi connectivity index (χ1n) is 7.53. The van der Waals surface area contributed by atoms with Gasteiger partial charge in [0.15, 0.2) is 11.4 Å². The zero-order valence-electron chi connectivity index (χ0n) is 12.7. The number of H-pyrrole nitrogens is 1. The van der Waals surface area contributed by atoms with E-state index in [4.69, 9.17) is 5.26 Å². The van der Waals surface area contributed by atoms with Crippen LogP contribution in [-0.2, 0) is 10.0 Å². The Balaban J connectivity index is 1.78. The summed E-state index contributed by atoms with van der Waals surface area (Å²) < 4.78 is 25.6. The van der Waals surface area contributed by atoms with Crippen LogP contribution in [0.1, 0.15) is 18.0 Å². The van der Waals surface area contributed by atoms with Gasteiger partial charge in [0.1, 0.15) is 0 Å². The number of hydrogen-bond acceptors (Lipinski definition) is 6. The van der Waals surface area contributed by atoms with Crippen LogP contribution in [0.15, 0.2) is 24.5 Å². The van der Waals surface area contributed by atoms with Crippen LogP contribution >= 0.6 is 0 Å². The van der Waals surface area contributed by atoms with Gasteiger partial charge in [0.2, 0.25) is 10.0 Å². The molecule has 1 fully saturated rings. The summed E-state index contributed by atoms with van der Waals surface area (Å²) in [4.78, 5) is 7.44. The molecule has 24 heavy (non-hydrogen) atoms. The quantitative estimate of drug-likeness (QED) is 0.763. The van der Waals surface area contributed by atoms with Crippen LogP contribution in [0.3, 0.4) is 0 Å². The van der Waals surface area contributed by atoms with Crippen molar-refractivity contribution in [3.8, 4) is 6.07 Å². The molecule has 1 atom stereocenters. The molecule has 1 N–H and O–H groups in total. The largest absolute Gasteiger partial charge is 0.364 e. The fraction of sp³-hybridized carbons (Fsp3) is 0.333. The Hall–Kier alpha value is -2.57. The molecule has 1 saturated heterocycles. The first kappa shape index (κ1) is 15.0. The Morgan fingerprint density at radius 2 is 2.25 bits per heavy atom. The number of hydrogen-bond donors (Lipinski definition) is 1. The lowest BCUT2D eigenvalue weighted by Gasteiger charge is -2.16. The Kier molecular flexibility index (Phi) is 3.44. The molecule has 9 heteroatoms. The van der Waals surface area contributed by atoms with Crippen LogP contribution in [0.2, 0.25) is 0 Å². The number of fused-ring (bicyclic) bond motifs is 3. The number of aromatic nitrogens is 4. The maximum Gasteiger partial charge on any atom is 0.227 e. The lowest BCUT2D eigenvalue weighted by atomic mass is 9.99. The molecule has 0 saturated carbocycles. The molecule has 0 aliphatic carbocycles. The van der Waals surface area contributed by atoms with Gasteiger partial charge in [-0.1, -0.05) is 0 Å². The Labute approximate surface area is 138 Å². The third-order valence-electron chi connectivity index (χ3n) is 4.41. The predicted molar refractivity (Wildman–Crippen MR) is 87.5 cm³/mol. The molecular weight excluding hydrogens is 328 g/mol. The summed E-state index contributed by atoms with van der Waals surface area (Å²) in [6.07, 6.45) is 4.17. The molecule has 122 valence electrons. The minimum absolute atomic E-state index is 0.0180. The minimum atomic E-state index is -3.52. The Bertz CT molecular complexity index is 1070. The Morgan fingerprint density at radius 1 is 1.38 bits per heavy atom. The van der Waals surface area contributed by atoms with Crippen molar-refractivity contribution in [3.05, 3.63) is 30.2 Å². The average molecular weight is 342 g/mol. The molecular formula is C15H14N6O2S. The van der Waals surface area contributed by atoms with Crippen molar-refractivity contribution in [2.24, 2.45) is 0 Å². The summed E-state index contributed by atoms with van der Waals surface area (Å²) in [6.45, 7) is 0.775. The van der Waals surface area contributed by atoms with Gasteiger partial charge >= 0.3 is 0 Å². The van der Waals surface area contributed by atoms with Crippen molar-refractivity contribution in [1.29, 1.82) is 5.26 Å². The van der Waals surface area contributed by atoms with Crippen molar-refractivity contribution in [3.63, 3.8) is 0 Å². The molecule has 4 rings (SSSR count). The van der Waals surface area contributed by atoms with Crippen molar-refractivity contribution < 1.29 is 8.42 Å². The highest BCUT2D eigenvalue weighted by Crippen LogP contribution is 2.34. The lowest BCUT2D eigenvalue weighted by Crippen LogP contribution is -2.30. The fourth-order valence-electron chi connectivity index (χ4n) is 3.28. The number of nitrogens with zero attached hydrogens (tertiary/aromatic N) is 5. The second-order valence-corrected chi connectivity index (χ2v) is 7.76. The predicted octanol–water partition coefficient (Wildman–Crippen LogP) is 1.15. The van der Waals surface area contributed by atoms with Gasteiger partial charge in [-0.25, -0.2) is 17.7 Å². The molecule has 0 aromatic carbocycles. The van der Waals surface area contributed by atoms with Crippen LogP contribution < -0.4 is 0 Å². The molecule has 8 nitrogen and oxygen atoms in total. The first-order valence-corrected chi connectivity index (χ1v) is 9.14. The number of rotatable bonds is 3. The second kappa shape index (κ2) is 5.51. The van der Waals surface area contributed by atoms with E-state index in [1.165, 1.54) is 4.31 Å². The van der Waals surface area contributed by atoms with E-state index in [0.717, 1.165) is 22.0 Å². The summed E-state index contributed by atoms with van der Waals surface area (Å²) in [5.41, 5.74) is 2.27. The standard InChI is InChI=1S/C15H14N6O2S/c16-4-8-24(22,23)21-7-3-10(9-21)14-13-11-1-5-18-15(11)20-19-12(13)2-6-17-14/h1-2,5-6,10,17H,3,7-9H2. The van der Waals surface area contributed by atoms with E-state index in [0.29, 0.717) is 25.2 Å². The second-order valence-electron chi connectivity index (χ2n) is 5.79. The van der Waals surface area contributed by atoms with Crippen molar-refractivity contribution >= 4 is 32.0 Å². The van der Waals surface area contributed by atoms with Gasteiger partial charge in [-0.3, -0.25) is 0 Å². The zero-order valence-corrected chi connectivity index (χ0v) is 13.5. The summed E-state index contributed by atoms with van der Waals surface area (Å²) in [7, 11) is -3.52. The lowest BCUT2D eigenvalue weighted by molar-refractivity contribution is 0.475. The molecule has 4 heterocycles. The van der Waals surface area contributed by atoms with Crippen molar-refractivity contribution in [1.82, 2.24) is 24.5 Å². The maximum absolute atomic E-state index is 12.1. The van der Waals surface area contributed by atoms with E-state index in [1.54, 1.807) is 18.5 Å². The number of sulfonamides is 1. The topological polar surface area (TPSA) is 116 Å². The van der Waals surface area contributed by atoms with E-state index < -0.39 is 15.8 Å². The Morgan fingerprint density at radius 3 is 3.08 bits per heavy atom. The molecule has 1 aliphatic rings. The van der Waals surface area contributed by atoms with Gasteiger partial charge in [0.05, 0.1) is 11.6 Å². The van der Waals surface area contributed by atoms with Gasteiger partial charge in [-0.2, -0.15) is 5.26 Å². The van der Waals surface area contributed by atoms with Crippen LogP contribution in [0, 0.1) is 11.3 Å². The molecule has 3 aromatic heterocycles. The molecule has 3 aromatic rings. The smallest absolute Gasteiger partial charge is 0.227 e. The molecule has 1 unspecified atom stereocenters. The summed E-state index contributed by atoms with van der Waals surface area (Å²) >= 11 is 0. The molecule has 0 amide bonds. The summed E-state index contributed by atoms with van der Waals surface area (Å²) in [6, 6.07) is 5.46. The van der Waals surface area contributed by atoms with Gasteiger partial charge in [-0.15, -0.1) is 10.2 Å². The molecule has 0 spiro atoms. The maximum atomic E-state index is 12.1. The highest BCUT2D eigenvalue weighted by atomic mass is 32.2. The number of nitriles is 1. The van der Waals surface area contributed by atoms with E-state index in [-0.39, 0.29) is 5.92 Å². The summed E-state index contributed by atoms with van der Waals surface area (Å²) in [5, 5.41) is 18.8. The minimum Gasteiger partial charge on any atom is -0.364 e. The molecule has 0 radical (unpaired) electrons. The highest BCUT2D eigenvalue weighted by Gasteiger charge is 2.33. The summed E-state index contributed by atoms with van der Waals surface area (Å²) in [5.74, 6) is -0.467. The molecule has 0 bridgehead atoms. The van der Waals surface area contributed by atoms with Crippen LogP contribution in [-0.4, -0.2) is 51.7 Å². The number of aromatic amines is 1. The van der Waals surface area contributed by atoms with E-state index in [9.17, 15) is 8.42 Å². The van der Waals surface area contributed by atoms with Crippen molar-refractivity contribution in [2.75, 3.05) is 18.8 Å². The third-order valence-corrected chi connectivity index (χ3v) is 6.02. The number of nitrogens with one attached hydrogen (secondary N) is 1. The van der Waals surface area contributed by atoms with Gasteiger partial charge in [-0.05, 0) is 18.6 Å². The van der Waals surface area contributed by atoms with Crippen LogP contribution in [0.4, 0.5) is 0 Å². The zero-order chi connectivity index (χ0) is 16.7. The normalized spacial score (nSPS) is 19.0.